The number of ketones is 1. The fraction of sp³-hybridized carbons (Fsp3) is 0.600. The quantitative estimate of drug-likeness (QED) is 0.128. The predicted molar refractivity (Wildman–Crippen MR) is 252 cm³/mol. The first-order valence-electron chi connectivity index (χ1n) is 24.1. The Morgan fingerprint density at radius 1 is 1.07 bits per heavy atom. The van der Waals surface area contributed by atoms with Gasteiger partial charge in [0.05, 0.1) is 81.8 Å². The van der Waals surface area contributed by atoms with Crippen LogP contribution in [0, 0.1) is 17.3 Å². The second-order valence-corrected chi connectivity index (χ2v) is 23.0. The van der Waals surface area contributed by atoms with Gasteiger partial charge in [-0.15, -0.1) is 11.3 Å². The number of carbonyl (C=O) groups excluding carboxylic acids is 4. The van der Waals surface area contributed by atoms with Gasteiger partial charge in [0.15, 0.2) is 5.78 Å². The van der Waals surface area contributed by atoms with E-state index in [2.05, 4.69) is 9.71 Å². The highest BCUT2D eigenvalue weighted by Gasteiger charge is 2.63. The lowest BCUT2D eigenvalue weighted by Crippen LogP contribution is -2.55. The number of esters is 1. The largest absolute Gasteiger partial charge is 0.491 e. The van der Waals surface area contributed by atoms with Crippen LogP contribution >= 0.6 is 11.3 Å². The number of Topliss-reactive ketones (excluding diaryl/α,β-unsaturated/α-hetero) is 1. The molecule has 1 unspecified atom stereocenters. The van der Waals surface area contributed by atoms with E-state index >= 15 is 4.79 Å². The summed E-state index contributed by atoms with van der Waals surface area (Å²) in [6.45, 7) is 7.91. The molecule has 2 aromatic heterocycles. The van der Waals surface area contributed by atoms with Crippen LogP contribution in [0.4, 0.5) is 13.2 Å². The zero-order valence-corrected chi connectivity index (χ0v) is 41.6. The molecule has 1 N–H and O–H groups in total. The van der Waals surface area contributed by atoms with Gasteiger partial charge >= 0.3 is 12.1 Å². The minimum atomic E-state index is -4.97. The van der Waals surface area contributed by atoms with E-state index in [9.17, 15) is 36.0 Å². The first kappa shape index (κ1) is 51.4. The Morgan fingerprint density at radius 2 is 1.81 bits per heavy atom. The SMILES string of the molecule is CC[C@@H]1O[C@H](C)CC/C=C\[C@@H]2C[C@@]2(C(=O)NS(=O)(=O)C2(C)CC2)CC(=O)[C@@H]2C[C@@H](Oc3cc(-c4ccc(OC(C)C)cc4)nc(-c4cncs4)c3)CN2C(=O)[C@H]1CC(=O)OC1(C(F)(F)F)CCCOC1. The van der Waals surface area contributed by atoms with E-state index in [0.717, 1.165) is 10.4 Å². The summed E-state index contributed by atoms with van der Waals surface area (Å²) in [6, 6.07) is 9.59. The van der Waals surface area contributed by atoms with Gasteiger partial charge in [0.1, 0.15) is 17.6 Å². The maximum atomic E-state index is 15.3. The average molecular weight is 1020 g/mol. The Labute approximate surface area is 410 Å². The molecule has 3 aliphatic heterocycles. The van der Waals surface area contributed by atoms with Crippen LogP contribution in [0.1, 0.15) is 105 Å². The van der Waals surface area contributed by atoms with Crippen LogP contribution in [0.3, 0.4) is 0 Å². The highest BCUT2D eigenvalue weighted by molar-refractivity contribution is 7.91. The molecule has 2 amide bonds. The van der Waals surface area contributed by atoms with Gasteiger partial charge < -0.3 is 28.6 Å². The number of allylic oxidation sites excluding steroid dienone is 2. The molecule has 0 radical (unpaired) electrons. The molecule has 5 aliphatic rings. The molecule has 2 saturated carbocycles. The van der Waals surface area contributed by atoms with Crippen molar-refractivity contribution in [2.24, 2.45) is 17.3 Å². The lowest BCUT2D eigenvalue weighted by molar-refractivity contribution is -0.295. The number of aromatic nitrogens is 2. The summed E-state index contributed by atoms with van der Waals surface area (Å²) in [7, 11) is -4.08. The lowest BCUT2D eigenvalue weighted by atomic mass is 9.90. The Bertz CT molecular complexity index is 2550. The van der Waals surface area contributed by atoms with Gasteiger partial charge in [0, 0.05) is 49.8 Å². The Kier molecular flexibility index (Phi) is 14.9. The van der Waals surface area contributed by atoms with Gasteiger partial charge in [0.2, 0.25) is 27.4 Å². The number of halogens is 3. The average Bonchev–Trinajstić information content (AvgIpc) is 4.06. The van der Waals surface area contributed by atoms with Crippen LogP contribution in [0.2, 0.25) is 0 Å². The summed E-state index contributed by atoms with van der Waals surface area (Å²) in [5, 5.41) is 0. The van der Waals surface area contributed by atoms with Crippen molar-refractivity contribution in [1.29, 1.82) is 0 Å². The smallest absolute Gasteiger partial charge is 0.430 e. The van der Waals surface area contributed by atoms with Crippen LogP contribution in [0.15, 0.2) is 60.3 Å². The van der Waals surface area contributed by atoms with Crippen molar-refractivity contribution >= 4 is 44.9 Å². The van der Waals surface area contributed by atoms with Gasteiger partial charge in [0.25, 0.3) is 0 Å². The van der Waals surface area contributed by atoms with Crippen LogP contribution in [0.25, 0.3) is 21.8 Å². The maximum absolute atomic E-state index is 15.3. The summed E-state index contributed by atoms with van der Waals surface area (Å²) in [4.78, 5) is 69.6. The zero-order chi connectivity index (χ0) is 50.2. The van der Waals surface area contributed by atoms with Gasteiger partial charge in [-0.1, -0.05) is 19.1 Å². The zero-order valence-electron chi connectivity index (χ0n) is 40.0. The van der Waals surface area contributed by atoms with Crippen molar-refractivity contribution in [2.75, 3.05) is 19.8 Å². The summed E-state index contributed by atoms with van der Waals surface area (Å²) in [5.41, 5.74) is -0.850. The molecule has 4 fully saturated rings. The molecule has 20 heteroatoms. The number of alkyl halides is 3. The second-order valence-electron chi connectivity index (χ2n) is 19.9. The van der Waals surface area contributed by atoms with Gasteiger partial charge in [-0.2, -0.15) is 13.2 Å². The highest BCUT2D eigenvalue weighted by atomic mass is 32.2. The first-order valence-corrected chi connectivity index (χ1v) is 26.4. The minimum absolute atomic E-state index is 0.00338. The molecule has 8 rings (SSSR count). The summed E-state index contributed by atoms with van der Waals surface area (Å²) < 4.78 is 101. The van der Waals surface area contributed by atoms with Crippen molar-refractivity contribution in [3.63, 3.8) is 0 Å². The molecular weight excluding hydrogens is 954 g/mol. The predicted octanol–water partition coefficient (Wildman–Crippen LogP) is 8.17. The van der Waals surface area contributed by atoms with E-state index < -0.39 is 118 Å². The number of hydrogen-bond donors (Lipinski definition) is 1. The number of hydrogen-bond acceptors (Lipinski definition) is 14. The third-order valence-electron chi connectivity index (χ3n) is 14.2. The number of thiazole rings is 1. The molecule has 0 bridgehead atoms. The minimum Gasteiger partial charge on any atom is -0.491 e. The van der Waals surface area contributed by atoms with Gasteiger partial charge in [-0.05, 0) is 103 Å². The number of sulfonamides is 1. The molecule has 3 aromatic rings. The number of rotatable bonds is 13. The normalized spacial score (nSPS) is 29.8. The van der Waals surface area contributed by atoms with Crippen LogP contribution in [0.5, 0.6) is 11.5 Å². The third-order valence-corrected chi connectivity index (χ3v) is 17.2. The van der Waals surface area contributed by atoms with Crippen molar-refractivity contribution in [3.8, 4) is 33.3 Å². The van der Waals surface area contributed by atoms with Gasteiger partial charge in [-0.25, -0.2) is 13.4 Å². The number of nitrogens with one attached hydrogen (secondary N) is 1. The standard InChI is InChI=1S/C50H61F3N4O11S2/c1-6-42-37(23-44(59)68-49(50(51,52)53)16-9-19-64-28-49)45(60)57-27-36(67-35-20-38(55-39(21-35)43-26-54-29-69-43)32-12-14-34(15-13-32)65-30(2)3)22-40(57)41(58)25-48(24-33(48)11-8-7-10-31(4)66-42)46(61)56-70(62,63)47(5)17-18-47/h8,11-15,20-21,26,29-31,33,36-37,40,42H,6-7,9-10,16-19,22-25,27-28H2,1-5H3,(H,56,61)/b11-8-/t31-,33-,36-,37+,40+,42+,48-,49?/m1/s1. The maximum Gasteiger partial charge on any atom is 0.430 e. The molecular formula is C50H61F3N4O11S2. The monoisotopic (exact) mass is 1010 g/mol. The van der Waals surface area contributed by atoms with Crippen LogP contribution < -0.4 is 14.2 Å². The Morgan fingerprint density at radius 3 is 2.46 bits per heavy atom. The molecule has 0 spiro atoms. The van der Waals surface area contributed by atoms with E-state index in [1.54, 1.807) is 44.6 Å². The van der Waals surface area contributed by atoms with Crippen molar-refractivity contribution in [1.82, 2.24) is 19.6 Å². The van der Waals surface area contributed by atoms with E-state index in [-0.39, 0.29) is 44.9 Å². The molecule has 15 nitrogen and oxygen atoms in total. The van der Waals surface area contributed by atoms with Crippen LogP contribution in [-0.4, -0.2) is 114 Å². The van der Waals surface area contributed by atoms with Crippen molar-refractivity contribution in [2.45, 2.75) is 152 Å². The molecule has 1 aromatic carbocycles. The lowest BCUT2D eigenvalue weighted by Gasteiger charge is -2.38. The fourth-order valence-corrected chi connectivity index (χ4v) is 11.7. The Hall–Kier alpha value is -4.92. The van der Waals surface area contributed by atoms with Crippen LogP contribution in [-0.2, 0) is 43.4 Å². The number of carbonyl (C=O) groups is 4. The van der Waals surface area contributed by atoms with Crippen molar-refractivity contribution in [3.05, 3.63) is 60.3 Å². The van der Waals surface area contributed by atoms with E-state index in [0.29, 0.717) is 48.6 Å². The molecule has 2 saturated heterocycles. The second kappa shape index (κ2) is 20.3. The van der Waals surface area contributed by atoms with E-state index in [1.165, 1.54) is 16.2 Å². The number of pyridine rings is 1. The molecule has 70 heavy (non-hydrogen) atoms. The number of amides is 2. The number of benzene rings is 1. The molecule has 2 aliphatic carbocycles. The van der Waals surface area contributed by atoms with Crippen molar-refractivity contribution < 1.29 is 64.5 Å². The molecule has 8 atom stereocenters. The Balaban J connectivity index is 1.15. The summed E-state index contributed by atoms with van der Waals surface area (Å²) in [6.07, 6.45) is -1.83. The van der Waals surface area contributed by atoms with E-state index in [1.807, 2.05) is 50.3 Å². The fourth-order valence-electron chi connectivity index (χ4n) is 9.74. The van der Waals surface area contributed by atoms with Gasteiger partial charge in [-0.3, -0.25) is 28.9 Å². The van der Waals surface area contributed by atoms with E-state index in [4.69, 9.17) is 28.7 Å². The topological polar surface area (TPSA) is 190 Å². The number of fused-ring (bicyclic) bond motifs is 2. The summed E-state index contributed by atoms with van der Waals surface area (Å²) in [5.74, 6) is -4.24. The molecule has 5 heterocycles. The third kappa shape index (κ3) is 11.1. The molecule has 380 valence electrons. The number of ether oxygens (including phenoxy) is 5. The first-order chi connectivity index (χ1) is 33.1. The number of nitrogens with zero attached hydrogens (tertiary/aromatic N) is 3. The highest BCUT2D eigenvalue weighted by Crippen LogP contribution is 2.58. The summed E-state index contributed by atoms with van der Waals surface area (Å²) >= 11 is 1.37.